The minimum Gasteiger partial charge on any atom is -0.383 e. The van der Waals surface area contributed by atoms with Gasteiger partial charge in [-0.25, -0.2) is 8.42 Å². The molecule has 0 fully saturated rings. The molecule has 1 aromatic rings. The van der Waals surface area contributed by atoms with Crippen molar-refractivity contribution in [3.8, 4) is 6.07 Å². The molecule has 0 amide bonds. The minimum atomic E-state index is -3.62. The predicted octanol–water partition coefficient (Wildman–Crippen LogP) is 2.50. The van der Waals surface area contributed by atoms with E-state index in [1.807, 2.05) is 6.07 Å². The third-order valence-electron chi connectivity index (χ3n) is 2.70. The van der Waals surface area contributed by atoms with Crippen LogP contribution in [-0.4, -0.2) is 39.5 Å². The van der Waals surface area contributed by atoms with E-state index in [0.29, 0.717) is 10.6 Å². The van der Waals surface area contributed by atoms with Crippen molar-refractivity contribution in [2.45, 2.75) is 6.42 Å². The fourth-order valence-corrected chi connectivity index (χ4v) is 2.95. The largest absolute Gasteiger partial charge is 0.383 e. The maximum atomic E-state index is 12.3. The van der Waals surface area contributed by atoms with Gasteiger partial charge in [-0.3, -0.25) is 0 Å². The summed E-state index contributed by atoms with van der Waals surface area (Å²) in [6.45, 7) is 0.604. The number of halogens is 1. The standard InChI is InChI=1S/C14H17ClN2O3S/c1-20-11-10-17(9-4-8-16)21(18,19)12-7-13-5-2-3-6-14(13)15/h2-3,5-7,12H,4,9-11H2,1H3. The normalized spacial score (nSPS) is 11.9. The molecule has 0 N–H and O–H groups in total. The number of benzene rings is 1. The summed E-state index contributed by atoms with van der Waals surface area (Å²) < 4.78 is 30.6. The van der Waals surface area contributed by atoms with Crippen molar-refractivity contribution in [3.63, 3.8) is 0 Å². The quantitative estimate of drug-likeness (QED) is 0.735. The Labute approximate surface area is 130 Å². The van der Waals surface area contributed by atoms with Crippen molar-refractivity contribution in [3.05, 3.63) is 40.3 Å². The van der Waals surface area contributed by atoms with E-state index in [-0.39, 0.29) is 26.1 Å². The number of methoxy groups -OCH3 is 1. The summed E-state index contributed by atoms with van der Waals surface area (Å²) in [6.07, 6.45) is 1.58. The summed E-state index contributed by atoms with van der Waals surface area (Å²) in [5.41, 5.74) is 0.620. The van der Waals surface area contributed by atoms with Crippen molar-refractivity contribution in [2.24, 2.45) is 0 Å². The molecule has 0 aliphatic carbocycles. The van der Waals surface area contributed by atoms with Gasteiger partial charge in [-0.15, -0.1) is 0 Å². The summed E-state index contributed by atoms with van der Waals surface area (Å²) in [4.78, 5) is 0. The van der Waals surface area contributed by atoms with Gasteiger partial charge in [0.25, 0.3) is 0 Å². The van der Waals surface area contributed by atoms with Gasteiger partial charge in [0, 0.05) is 37.1 Å². The van der Waals surface area contributed by atoms with Gasteiger partial charge in [0.2, 0.25) is 10.0 Å². The molecule has 0 aliphatic heterocycles. The smallest absolute Gasteiger partial charge is 0.236 e. The molecule has 0 saturated carbocycles. The lowest BCUT2D eigenvalue weighted by Gasteiger charge is -2.18. The highest BCUT2D eigenvalue weighted by Gasteiger charge is 2.18. The number of sulfonamides is 1. The zero-order valence-corrected chi connectivity index (χ0v) is 13.3. The summed E-state index contributed by atoms with van der Waals surface area (Å²) in [7, 11) is -2.12. The average molecular weight is 329 g/mol. The number of ether oxygens (including phenoxy) is 1. The van der Waals surface area contributed by atoms with Gasteiger partial charge < -0.3 is 4.74 Å². The van der Waals surface area contributed by atoms with E-state index in [2.05, 4.69) is 0 Å². The van der Waals surface area contributed by atoms with Gasteiger partial charge >= 0.3 is 0 Å². The first-order chi connectivity index (χ1) is 10.0. The van der Waals surface area contributed by atoms with Crippen molar-refractivity contribution in [1.29, 1.82) is 5.26 Å². The second-order valence-corrected chi connectivity index (χ2v) is 6.39. The van der Waals surface area contributed by atoms with Crippen LogP contribution in [0, 0.1) is 11.3 Å². The van der Waals surface area contributed by atoms with Gasteiger partial charge in [-0.1, -0.05) is 29.8 Å². The van der Waals surface area contributed by atoms with Gasteiger partial charge in [0.1, 0.15) is 0 Å². The van der Waals surface area contributed by atoms with Crippen molar-refractivity contribution in [1.82, 2.24) is 4.31 Å². The molecule has 1 aromatic carbocycles. The first-order valence-corrected chi connectivity index (χ1v) is 8.18. The molecular formula is C14H17ClN2O3S. The second kappa shape index (κ2) is 8.80. The van der Waals surface area contributed by atoms with E-state index in [9.17, 15) is 8.42 Å². The van der Waals surface area contributed by atoms with E-state index >= 15 is 0 Å². The Kier molecular flexibility index (Phi) is 7.40. The SMILES string of the molecule is COCCN(CCC#N)S(=O)(=O)C=Cc1ccccc1Cl. The zero-order chi connectivity index (χ0) is 15.7. The molecule has 0 bridgehead atoms. The van der Waals surface area contributed by atoms with Crippen LogP contribution in [0.4, 0.5) is 0 Å². The Morgan fingerprint density at radius 3 is 2.71 bits per heavy atom. The number of rotatable bonds is 8. The van der Waals surface area contributed by atoms with E-state index in [1.165, 1.54) is 17.5 Å². The predicted molar refractivity (Wildman–Crippen MR) is 83.1 cm³/mol. The van der Waals surface area contributed by atoms with E-state index in [4.69, 9.17) is 21.6 Å². The lowest BCUT2D eigenvalue weighted by Crippen LogP contribution is -2.33. The van der Waals surface area contributed by atoms with Crippen LogP contribution in [0.3, 0.4) is 0 Å². The van der Waals surface area contributed by atoms with Crippen LogP contribution in [0.5, 0.6) is 0 Å². The molecule has 7 heteroatoms. The molecular weight excluding hydrogens is 312 g/mol. The Hall–Kier alpha value is -1.39. The Balaban J connectivity index is 2.90. The molecule has 0 aromatic heterocycles. The third kappa shape index (κ3) is 5.86. The number of nitriles is 1. The lowest BCUT2D eigenvalue weighted by molar-refractivity contribution is 0.180. The third-order valence-corrected chi connectivity index (χ3v) is 4.61. The molecule has 21 heavy (non-hydrogen) atoms. The number of nitrogens with zero attached hydrogens (tertiary/aromatic N) is 2. The van der Waals surface area contributed by atoms with Crippen LogP contribution in [0.25, 0.3) is 6.08 Å². The Morgan fingerprint density at radius 2 is 2.10 bits per heavy atom. The van der Waals surface area contributed by atoms with Crippen LogP contribution >= 0.6 is 11.6 Å². The molecule has 0 spiro atoms. The highest BCUT2D eigenvalue weighted by Crippen LogP contribution is 2.17. The molecule has 114 valence electrons. The molecule has 0 saturated heterocycles. The molecule has 0 aliphatic rings. The summed E-state index contributed by atoms with van der Waals surface area (Å²) in [5.74, 6) is 0. The maximum absolute atomic E-state index is 12.3. The van der Waals surface area contributed by atoms with Crippen molar-refractivity contribution < 1.29 is 13.2 Å². The minimum absolute atomic E-state index is 0.128. The van der Waals surface area contributed by atoms with Crippen molar-refractivity contribution in [2.75, 3.05) is 26.8 Å². The van der Waals surface area contributed by atoms with Crippen molar-refractivity contribution >= 4 is 27.7 Å². The molecule has 5 nitrogen and oxygen atoms in total. The zero-order valence-electron chi connectivity index (χ0n) is 11.7. The Morgan fingerprint density at radius 1 is 1.38 bits per heavy atom. The first-order valence-electron chi connectivity index (χ1n) is 6.30. The summed E-state index contributed by atoms with van der Waals surface area (Å²) >= 11 is 5.98. The van der Waals surface area contributed by atoms with Crippen LogP contribution < -0.4 is 0 Å². The van der Waals surface area contributed by atoms with Crippen LogP contribution in [0.2, 0.25) is 5.02 Å². The monoisotopic (exact) mass is 328 g/mol. The van der Waals surface area contributed by atoms with Crippen LogP contribution in [0.1, 0.15) is 12.0 Å². The molecule has 0 atom stereocenters. The van der Waals surface area contributed by atoms with Crippen LogP contribution in [-0.2, 0) is 14.8 Å². The van der Waals surface area contributed by atoms with Gasteiger partial charge in [-0.05, 0) is 17.7 Å². The summed E-state index contributed by atoms with van der Waals surface area (Å²) in [5, 5.41) is 10.2. The molecule has 0 heterocycles. The summed E-state index contributed by atoms with van der Waals surface area (Å²) in [6, 6.07) is 8.89. The van der Waals surface area contributed by atoms with E-state index in [1.54, 1.807) is 24.3 Å². The van der Waals surface area contributed by atoms with Gasteiger partial charge in [-0.2, -0.15) is 9.57 Å². The second-order valence-electron chi connectivity index (χ2n) is 4.17. The fourth-order valence-electron chi connectivity index (χ4n) is 1.59. The molecule has 1 rings (SSSR count). The topological polar surface area (TPSA) is 70.4 Å². The van der Waals surface area contributed by atoms with E-state index in [0.717, 1.165) is 5.41 Å². The lowest BCUT2D eigenvalue weighted by atomic mass is 10.2. The number of hydrogen-bond acceptors (Lipinski definition) is 4. The van der Waals surface area contributed by atoms with E-state index < -0.39 is 10.0 Å². The van der Waals surface area contributed by atoms with Gasteiger partial charge in [0.15, 0.2) is 0 Å². The Bertz CT molecular complexity index is 623. The van der Waals surface area contributed by atoms with Gasteiger partial charge in [0.05, 0.1) is 12.7 Å². The van der Waals surface area contributed by atoms with Crippen LogP contribution in [0.15, 0.2) is 29.7 Å². The maximum Gasteiger partial charge on any atom is 0.236 e. The fraction of sp³-hybridized carbons (Fsp3) is 0.357. The molecule has 0 unspecified atom stereocenters. The average Bonchev–Trinajstić information content (AvgIpc) is 2.46. The highest BCUT2D eigenvalue weighted by atomic mass is 35.5. The first kappa shape index (κ1) is 17.7. The highest BCUT2D eigenvalue weighted by molar-refractivity contribution is 7.92. The number of hydrogen-bond donors (Lipinski definition) is 0. The molecule has 0 radical (unpaired) electrons.